The first-order chi connectivity index (χ1) is 13.1. The molecule has 0 atom stereocenters. The lowest BCUT2D eigenvalue weighted by Gasteiger charge is -2.11. The molecule has 1 heterocycles. The second-order valence-electron chi connectivity index (χ2n) is 6.41. The number of aryl methyl sites for hydroxylation is 1. The molecule has 0 radical (unpaired) electrons. The molecule has 0 saturated carbocycles. The highest BCUT2D eigenvalue weighted by atomic mass is 15.3. The van der Waals surface area contributed by atoms with E-state index in [0.717, 1.165) is 16.9 Å². The SMILES string of the molecule is Cc1cc(N/N=C\c2ccc(N(C)C)cc2)nc(NCc2ccccc2)n1. The Labute approximate surface area is 160 Å². The molecule has 3 aromatic rings. The van der Waals surface area contributed by atoms with Gasteiger partial charge in [-0.3, -0.25) is 5.43 Å². The predicted octanol–water partition coefficient (Wildman–Crippen LogP) is 3.91. The number of nitrogens with one attached hydrogen (secondary N) is 2. The summed E-state index contributed by atoms with van der Waals surface area (Å²) in [4.78, 5) is 10.9. The van der Waals surface area contributed by atoms with E-state index in [-0.39, 0.29) is 0 Å². The van der Waals surface area contributed by atoms with Gasteiger partial charge in [0.1, 0.15) is 0 Å². The maximum atomic E-state index is 4.46. The number of rotatable bonds is 7. The van der Waals surface area contributed by atoms with Crippen molar-refractivity contribution in [2.75, 3.05) is 29.7 Å². The lowest BCUT2D eigenvalue weighted by atomic mass is 10.2. The molecule has 3 rings (SSSR count). The summed E-state index contributed by atoms with van der Waals surface area (Å²) < 4.78 is 0. The van der Waals surface area contributed by atoms with E-state index in [1.165, 1.54) is 5.56 Å². The first kappa shape index (κ1) is 18.4. The second kappa shape index (κ2) is 8.80. The van der Waals surface area contributed by atoms with Crippen LogP contribution in [0.4, 0.5) is 17.5 Å². The number of aromatic nitrogens is 2. The molecule has 0 aliphatic carbocycles. The van der Waals surface area contributed by atoms with Gasteiger partial charge in [-0.2, -0.15) is 10.1 Å². The average Bonchev–Trinajstić information content (AvgIpc) is 2.67. The zero-order valence-electron chi connectivity index (χ0n) is 15.8. The molecule has 0 fully saturated rings. The van der Waals surface area contributed by atoms with Crippen LogP contribution in [-0.2, 0) is 6.54 Å². The Kier molecular flexibility index (Phi) is 5.99. The first-order valence-electron chi connectivity index (χ1n) is 8.80. The third kappa shape index (κ3) is 5.54. The van der Waals surface area contributed by atoms with Crippen LogP contribution < -0.4 is 15.6 Å². The molecule has 0 spiro atoms. The predicted molar refractivity (Wildman–Crippen MR) is 113 cm³/mol. The van der Waals surface area contributed by atoms with Crippen molar-refractivity contribution >= 4 is 23.7 Å². The summed E-state index contributed by atoms with van der Waals surface area (Å²) in [6.07, 6.45) is 1.77. The quantitative estimate of drug-likeness (QED) is 0.494. The Bertz CT molecular complexity index is 888. The number of anilines is 3. The smallest absolute Gasteiger partial charge is 0.225 e. The van der Waals surface area contributed by atoms with E-state index in [0.29, 0.717) is 18.3 Å². The van der Waals surface area contributed by atoms with Gasteiger partial charge in [0.2, 0.25) is 5.95 Å². The molecule has 1 aromatic heterocycles. The van der Waals surface area contributed by atoms with E-state index in [2.05, 4.69) is 55.0 Å². The molecule has 6 heteroatoms. The highest BCUT2D eigenvalue weighted by Crippen LogP contribution is 2.12. The molecule has 0 unspecified atom stereocenters. The topological polar surface area (TPSA) is 65.4 Å². The fourth-order valence-corrected chi connectivity index (χ4v) is 2.51. The highest BCUT2D eigenvalue weighted by Gasteiger charge is 2.02. The van der Waals surface area contributed by atoms with Crippen molar-refractivity contribution in [2.24, 2.45) is 5.10 Å². The summed E-state index contributed by atoms with van der Waals surface area (Å²) >= 11 is 0. The summed E-state index contributed by atoms with van der Waals surface area (Å²) in [5.41, 5.74) is 7.19. The molecule has 0 saturated heterocycles. The Hall–Kier alpha value is -3.41. The summed E-state index contributed by atoms with van der Waals surface area (Å²) in [7, 11) is 4.04. The normalized spacial score (nSPS) is 10.8. The van der Waals surface area contributed by atoms with Crippen LogP contribution in [0.25, 0.3) is 0 Å². The van der Waals surface area contributed by atoms with Crippen molar-refractivity contribution in [3.8, 4) is 0 Å². The van der Waals surface area contributed by atoms with Crippen molar-refractivity contribution in [1.29, 1.82) is 0 Å². The minimum Gasteiger partial charge on any atom is -0.378 e. The Morgan fingerprint density at radius 2 is 1.74 bits per heavy atom. The van der Waals surface area contributed by atoms with Crippen LogP contribution in [0.3, 0.4) is 0 Å². The van der Waals surface area contributed by atoms with E-state index in [1.807, 2.05) is 57.4 Å². The zero-order chi connectivity index (χ0) is 19.1. The van der Waals surface area contributed by atoms with Gasteiger partial charge in [-0.05, 0) is 30.2 Å². The van der Waals surface area contributed by atoms with Crippen LogP contribution in [0.15, 0.2) is 65.8 Å². The Morgan fingerprint density at radius 1 is 1.00 bits per heavy atom. The molecule has 2 aromatic carbocycles. The van der Waals surface area contributed by atoms with Crippen molar-refractivity contribution in [2.45, 2.75) is 13.5 Å². The van der Waals surface area contributed by atoms with Gasteiger partial charge in [-0.1, -0.05) is 42.5 Å². The lowest BCUT2D eigenvalue weighted by Crippen LogP contribution is -2.08. The lowest BCUT2D eigenvalue weighted by molar-refractivity contribution is 1.02. The van der Waals surface area contributed by atoms with Gasteiger partial charge >= 0.3 is 0 Å². The van der Waals surface area contributed by atoms with Crippen molar-refractivity contribution in [3.63, 3.8) is 0 Å². The molecule has 0 aliphatic rings. The summed E-state index contributed by atoms with van der Waals surface area (Å²) in [6.45, 7) is 2.61. The van der Waals surface area contributed by atoms with Crippen LogP contribution in [0.5, 0.6) is 0 Å². The highest BCUT2D eigenvalue weighted by molar-refractivity contribution is 5.80. The number of hydrazone groups is 1. The second-order valence-corrected chi connectivity index (χ2v) is 6.41. The molecular weight excluding hydrogens is 336 g/mol. The molecule has 0 bridgehead atoms. The third-order valence-electron chi connectivity index (χ3n) is 3.95. The molecule has 0 aliphatic heterocycles. The van der Waals surface area contributed by atoms with E-state index < -0.39 is 0 Å². The average molecular weight is 360 g/mol. The summed E-state index contributed by atoms with van der Waals surface area (Å²) in [5.74, 6) is 1.23. The van der Waals surface area contributed by atoms with Gasteiger partial charge in [-0.15, -0.1) is 0 Å². The minimum atomic E-state index is 0.576. The number of hydrogen-bond donors (Lipinski definition) is 2. The monoisotopic (exact) mass is 360 g/mol. The van der Waals surface area contributed by atoms with Gasteiger partial charge in [-0.25, -0.2) is 4.98 Å². The number of nitrogens with zero attached hydrogens (tertiary/aromatic N) is 4. The van der Waals surface area contributed by atoms with Crippen LogP contribution in [0, 0.1) is 6.92 Å². The van der Waals surface area contributed by atoms with Crippen LogP contribution in [0.2, 0.25) is 0 Å². The Balaban J connectivity index is 1.62. The molecule has 6 nitrogen and oxygen atoms in total. The van der Waals surface area contributed by atoms with E-state index in [9.17, 15) is 0 Å². The molecule has 27 heavy (non-hydrogen) atoms. The largest absolute Gasteiger partial charge is 0.378 e. The van der Waals surface area contributed by atoms with Gasteiger partial charge in [0.25, 0.3) is 0 Å². The van der Waals surface area contributed by atoms with E-state index in [4.69, 9.17) is 0 Å². The van der Waals surface area contributed by atoms with Crippen LogP contribution >= 0.6 is 0 Å². The number of hydrogen-bond acceptors (Lipinski definition) is 6. The van der Waals surface area contributed by atoms with Crippen LogP contribution in [0.1, 0.15) is 16.8 Å². The maximum absolute atomic E-state index is 4.46. The van der Waals surface area contributed by atoms with Gasteiger partial charge in [0.05, 0.1) is 6.21 Å². The zero-order valence-corrected chi connectivity index (χ0v) is 15.8. The van der Waals surface area contributed by atoms with E-state index >= 15 is 0 Å². The van der Waals surface area contributed by atoms with Gasteiger partial charge in [0, 0.05) is 38.1 Å². The molecule has 0 amide bonds. The summed E-state index contributed by atoms with van der Waals surface area (Å²) in [6, 6.07) is 20.2. The van der Waals surface area contributed by atoms with Crippen molar-refractivity contribution < 1.29 is 0 Å². The van der Waals surface area contributed by atoms with Crippen molar-refractivity contribution in [1.82, 2.24) is 9.97 Å². The minimum absolute atomic E-state index is 0.576. The molecule has 138 valence electrons. The molecule has 2 N–H and O–H groups in total. The first-order valence-corrected chi connectivity index (χ1v) is 8.80. The standard InChI is InChI=1S/C21H24N6/c1-16-13-20(25-21(24-16)22-14-17-7-5-4-6-8-17)26-23-15-18-9-11-19(12-10-18)27(2)3/h4-13,15H,14H2,1-3H3,(H2,22,24,25,26)/b23-15-. The van der Waals surface area contributed by atoms with E-state index in [1.54, 1.807) is 6.21 Å². The van der Waals surface area contributed by atoms with Crippen molar-refractivity contribution in [3.05, 3.63) is 77.5 Å². The third-order valence-corrected chi connectivity index (χ3v) is 3.95. The van der Waals surface area contributed by atoms with Gasteiger partial charge < -0.3 is 10.2 Å². The summed E-state index contributed by atoms with van der Waals surface area (Å²) in [5, 5.41) is 7.53. The maximum Gasteiger partial charge on any atom is 0.225 e. The van der Waals surface area contributed by atoms with Gasteiger partial charge in [0.15, 0.2) is 5.82 Å². The fourth-order valence-electron chi connectivity index (χ4n) is 2.51. The molecular formula is C21H24N6. The fraction of sp³-hybridized carbons (Fsp3) is 0.190. The Morgan fingerprint density at radius 3 is 2.44 bits per heavy atom. The van der Waals surface area contributed by atoms with Crippen LogP contribution in [-0.4, -0.2) is 30.3 Å². The number of benzene rings is 2.